The molecule has 0 fully saturated rings. The first kappa shape index (κ1) is 15.2. The average Bonchev–Trinajstić information content (AvgIpc) is 2.84. The van der Waals surface area contributed by atoms with E-state index in [9.17, 15) is 24.2 Å². The van der Waals surface area contributed by atoms with Crippen LogP contribution in [0.2, 0.25) is 0 Å². The Morgan fingerprint density at radius 1 is 1.13 bits per heavy atom. The topological polar surface area (TPSA) is 96.7 Å². The number of anilines is 2. The molecule has 13 heteroatoms. The number of halogens is 5. The highest BCUT2D eigenvalue weighted by atomic mass is 32.5. The van der Waals surface area contributed by atoms with Gasteiger partial charge in [-0.25, -0.2) is 4.63 Å². The molecule has 0 aliphatic heterocycles. The molecule has 0 aliphatic rings. The molecule has 0 saturated carbocycles. The molecular formula is C10H6F5N5O2S. The molecule has 23 heavy (non-hydrogen) atoms. The Bertz CT molecular complexity index is 968. The van der Waals surface area contributed by atoms with E-state index in [1.807, 2.05) is 0 Å². The first-order valence-electron chi connectivity index (χ1n) is 5.76. The van der Waals surface area contributed by atoms with E-state index in [4.69, 9.17) is 0 Å². The number of hydrogen-bond donors (Lipinski definition) is 2. The molecule has 2 N–H and O–H groups in total. The molecule has 0 unspecified atom stereocenters. The van der Waals surface area contributed by atoms with E-state index in [1.54, 1.807) is 0 Å². The van der Waals surface area contributed by atoms with Crippen molar-refractivity contribution in [2.45, 2.75) is 4.90 Å². The molecule has 2 aromatic heterocycles. The van der Waals surface area contributed by atoms with Crippen LogP contribution in [-0.4, -0.2) is 20.3 Å². The van der Waals surface area contributed by atoms with Crippen LogP contribution in [0.1, 0.15) is 0 Å². The number of fused-ring (bicyclic) bond motifs is 1. The normalized spacial score (nSPS) is 15.2. The minimum Gasteiger partial charge on any atom is -0.336 e. The number of hydrogen-bond acceptors (Lipinski definition) is 6. The molecule has 3 aromatic rings. The Morgan fingerprint density at radius 3 is 2.57 bits per heavy atom. The molecule has 0 atom stereocenters. The smallest absolute Gasteiger partial charge is 0.310 e. The van der Waals surface area contributed by atoms with Crippen LogP contribution in [0, 0.1) is 0 Å². The summed E-state index contributed by atoms with van der Waals surface area (Å²) >= 11 is 0. The molecule has 0 spiro atoms. The first-order chi connectivity index (χ1) is 10.4. The van der Waals surface area contributed by atoms with Crippen molar-refractivity contribution < 1.29 is 24.1 Å². The van der Waals surface area contributed by atoms with Gasteiger partial charge in [-0.2, -0.15) is 4.98 Å². The molecule has 1 aromatic carbocycles. The van der Waals surface area contributed by atoms with Crippen molar-refractivity contribution in [3.05, 3.63) is 34.6 Å². The van der Waals surface area contributed by atoms with Gasteiger partial charge in [-0.1, -0.05) is 25.5 Å². The molecule has 0 saturated heterocycles. The monoisotopic (exact) mass is 355 g/mol. The fourth-order valence-electron chi connectivity index (χ4n) is 1.69. The van der Waals surface area contributed by atoms with Crippen molar-refractivity contribution in [1.82, 2.24) is 20.3 Å². The van der Waals surface area contributed by atoms with Crippen molar-refractivity contribution in [3.8, 4) is 0 Å². The number of nitrogens with one attached hydrogen (secondary N) is 2. The fraction of sp³-hybridized carbons (Fsp3) is 0. The van der Waals surface area contributed by atoms with Gasteiger partial charge in [-0.3, -0.25) is 9.78 Å². The van der Waals surface area contributed by atoms with Crippen LogP contribution in [-0.2, 0) is 0 Å². The van der Waals surface area contributed by atoms with Gasteiger partial charge in [0.05, 0.1) is 0 Å². The van der Waals surface area contributed by atoms with Crippen molar-refractivity contribution in [1.29, 1.82) is 0 Å². The second kappa shape index (κ2) is 3.98. The summed E-state index contributed by atoms with van der Waals surface area (Å²) in [5, 5.41) is 8.88. The van der Waals surface area contributed by atoms with Crippen LogP contribution in [0.3, 0.4) is 0 Å². The second-order valence-electron chi connectivity index (χ2n) is 4.47. The zero-order valence-corrected chi connectivity index (χ0v) is 11.6. The number of aromatic nitrogens is 4. The van der Waals surface area contributed by atoms with Gasteiger partial charge in [-0.05, 0) is 28.5 Å². The average molecular weight is 355 g/mol. The Kier molecular flexibility index (Phi) is 2.63. The van der Waals surface area contributed by atoms with E-state index in [-0.39, 0.29) is 23.4 Å². The van der Waals surface area contributed by atoms with Gasteiger partial charge in [0.25, 0.3) is 5.56 Å². The summed E-state index contributed by atoms with van der Waals surface area (Å²) in [6.45, 7) is 0. The van der Waals surface area contributed by atoms with E-state index in [1.165, 1.54) is 0 Å². The third-order valence-corrected chi connectivity index (χ3v) is 3.82. The van der Waals surface area contributed by atoms with Gasteiger partial charge in [0.1, 0.15) is 4.90 Å². The predicted octanol–water partition coefficient (Wildman–Crippen LogP) is 3.71. The van der Waals surface area contributed by atoms with E-state index >= 15 is 0 Å². The Hall–Kier alpha value is -2.70. The highest BCUT2D eigenvalue weighted by molar-refractivity contribution is 8.45. The third kappa shape index (κ3) is 3.08. The van der Waals surface area contributed by atoms with Crippen LogP contribution in [0.5, 0.6) is 0 Å². The highest BCUT2D eigenvalue weighted by Crippen LogP contribution is 3.02. The fourth-order valence-corrected chi connectivity index (χ4v) is 2.38. The van der Waals surface area contributed by atoms with Gasteiger partial charge in [0.15, 0.2) is 5.82 Å². The maximum Gasteiger partial charge on any atom is 0.310 e. The molecule has 0 bridgehead atoms. The third-order valence-electron chi connectivity index (χ3n) is 2.68. The summed E-state index contributed by atoms with van der Waals surface area (Å²) < 4.78 is 68.2. The van der Waals surface area contributed by atoms with E-state index in [2.05, 4.69) is 30.2 Å². The SMILES string of the molecule is O=c1[nH]c2nonc2nc1Nc1cccc(S(F)(F)(F)(F)F)c1. The standard InChI is InChI=1S/C10H6F5N5O2S/c11-23(12,13,14,15)6-3-1-2-5(4-6)16-9-10(21)18-8-7(17-9)19-22-20-8/h1-4H,(H,16,17,19)(H,18,20,21). The zero-order chi connectivity index (χ0) is 16.9. The number of H-pyrrole nitrogens is 1. The first-order valence-corrected chi connectivity index (χ1v) is 7.71. The Labute approximate surface area is 123 Å². The van der Waals surface area contributed by atoms with Gasteiger partial charge >= 0.3 is 10.2 Å². The minimum atomic E-state index is -9.82. The lowest BCUT2D eigenvalue weighted by Gasteiger charge is -2.40. The molecule has 0 radical (unpaired) electrons. The van der Waals surface area contributed by atoms with Gasteiger partial charge in [-0.15, -0.1) is 0 Å². The summed E-state index contributed by atoms with van der Waals surface area (Å²) in [5.41, 5.74) is -1.42. The molecule has 0 aliphatic carbocycles. The predicted molar refractivity (Wildman–Crippen MR) is 71.3 cm³/mol. The summed E-state index contributed by atoms with van der Waals surface area (Å²) in [6.07, 6.45) is 0. The zero-order valence-electron chi connectivity index (χ0n) is 10.8. The van der Waals surface area contributed by atoms with Crippen LogP contribution in [0.15, 0.2) is 38.6 Å². The highest BCUT2D eigenvalue weighted by Gasteiger charge is 2.65. The van der Waals surface area contributed by atoms with Gasteiger partial charge in [0.2, 0.25) is 11.3 Å². The van der Waals surface area contributed by atoms with E-state index in [0.717, 1.165) is 12.1 Å². The van der Waals surface area contributed by atoms with Crippen molar-refractivity contribution in [3.63, 3.8) is 0 Å². The van der Waals surface area contributed by atoms with Gasteiger partial charge < -0.3 is 5.32 Å². The Morgan fingerprint density at radius 2 is 1.87 bits per heavy atom. The molecule has 2 heterocycles. The summed E-state index contributed by atoms with van der Waals surface area (Å²) in [4.78, 5) is 15.5. The molecule has 0 amide bonds. The molecule has 124 valence electrons. The van der Waals surface area contributed by atoms with E-state index in [0.29, 0.717) is 0 Å². The lowest BCUT2D eigenvalue weighted by Crippen LogP contribution is -2.14. The van der Waals surface area contributed by atoms with Crippen LogP contribution < -0.4 is 10.9 Å². The summed E-state index contributed by atoms with van der Waals surface area (Å²) in [5.74, 6) is -0.451. The lowest BCUT2D eigenvalue weighted by atomic mass is 10.3. The lowest BCUT2D eigenvalue weighted by molar-refractivity contribution is 0.314. The number of aromatic amines is 1. The minimum absolute atomic E-state index is 0.0682. The van der Waals surface area contributed by atoms with Crippen LogP contribution in [0.4, 0.5) is 30.9 Å². The quantitative estimate of drug-likeness (QED) is 0.695. The van der Waals surface area contributed by atoms with Crippen molar-refractivity contribution in [2.75, 3.05) is 5.32 Å². The number of rotatable bonds is 3. The summed E-state index contributed by atoms with van der Waals surface area (Å²) in [7, 11) is -9.82. The number of nitrogens with zero attached hydrogens (tertiary/aromatic N) is 3. The van der Waals surface area contributed by atoms with E-state index < -0.39 is 32.2 Å². The largest absolute Gasteiger partial charge is 0.336 e. The maximum absolute atomic E-state index is 12.8. The van der Waals surface area contributed by atoms with Gasteiger partial charge in [0, 0.05) is 5.69 Å². The van der Waals surface area contributed by atoms with Crippen LogP contribution >= 0.6 is 10.2 Å². The molecular weight excluding hydrogens is 349 g/mol. The summed E-state index contributed by atoms with van der Waals surface area (Å²) in [6, 6.07) is 2.28. The Balaban J connectivity index is 2.03. The number of benzene rings is 1. The van der Waals surface area contributed by atoms with Crippen molar-refractivity contribution in [2.24, 2.45) is 0 Å². The molecule has 7 nitrogen and oxygen atoms in total. The second-order valence-corrected chi connectivity index (χ2v) is 6.88. The van der Waals surface area contributed by atoms with Crippen LogP contribution in [0.25, 0.3) is 11.3 Å². The maximum atomic E-state index is 12.8. The molecule has 3 rings (SSSR count). The van der Waals surface area contributed by atoms with Crippen molar-refractivity contribution >= 4 is 33.0 Å².